The van der Waals surface area contributed by atoms with Gasteiger partial charge < -0.3 is 10.2 Å². The third kappa shape index (κ3) is 3.17. The molecule has 2 N–H and O–H groups in total. The van der Waals surface area contributed by atoms with Gasteiger partial charge in [0.15, 0.2) is 0 Å². The highest BCUT2D eigenvalue weighted by atomic mass is 16.6. The highest BCUT2D eigenvalue weighted by Crippen LogP contribution is 2.18. The van der Waals surface area contributed by atoms with E-state index in [4.69, 9.17) is 10.2 Å². The third-order valence-electron chi connectivity index (χ3n) is 2.85. The van der Waals surface area contributed by atoms with Crippen molar-refractivity contribution in [3.8, 4) is 0 Å². The number of hydrogen-bond acceptors (Lipinski definition) is 5. The lowest BCUT2D eigenvalue weighted by molar-refractivity contribution is -0.384. The van der Waals surface area contributed by atoms with Crippen molar-refractivity contribution in [3.05, 3.63) is 57.8 Å². The summed E-state index contributed by atoms with van der Waals surface area (Å²) in [5.74, 6) is 0.496. The molecule has 0 spiro atoms. The summed E-state index contributed by atoms with van der Waals surface area (Å²) in [6.45, 7) is 1.99. The van der Waals surface area contributed by atoms with Gasteiger partial charge in [0.05, 0.1) is 16.7 Å². The zero-order valence-electron chi connectivity index (χ0n) is 10.6. The van der Waals surface area contributed by atoms with Crippen molar-refractivity contribution in [1.82, 2.24) is 4.98 Å². The Morgan fingerprint density at radius 1 is 1.42 bits per heavy atom. The van der Waals surface area contributed by atoms with E-state index < -0.39 is 4.92 Å². The van der Waals surface area contributed by atoms with Crippen molar-refractivity contribution < 1.29 is 9.34 Å². The smallest absolute Gasteiger partial charge is 0.269 e. The average Bonchev–Trinajstić information content (AvgIpc) is 2.88. The van der Waals surface area contributed by atoms with Gasteiger partial charge in [0.25, 0.3) is 5.69 Å². The van der Waals surface area contributed by atoms with Crippen molar-refractivity contribution in [1.29, 1.82) is 0 Å². The molecular formula is C13H15N3O3. The fraction of sp³-hybridized carbons (Fsp3) is 0.308. The highest BCUT2D eigenvalue weighted by Gasteiger charge is 2.14. The Bertz CT molecular complexity index is 563. The third-order valence-corrected chi connectivity index (χ3v) is 2.85. The Labute approximate surface area is 110 Å². The molecule has 100 valence electrons. The van der Waals surface area contributed by atoms with E-state index in [0.717, 1.165) is 17.7 Å². The van der Waals surface area contributed by atoms with Crippen molar-refractivity contribution in [3.63, 3.8) is 0 Å². The second-order valence-corrected chi connectivity index (χ2v) is 4.26. The quantitative estimate of drug-likeness (QED) is 0.658. The molecule has 1 atom stereocenters. The molecule has 0 fully saturated rings. The van der Waals surface area contributed by atoms with Gasteiger partial charge in [-0.1, -0.05) is 19.1 Å². The molecule has 0 amide bonds. The number of benzene rings is 1. The van der Waals surface area contributed by atoms with Gasteiger partial charge in [-0.25, -0.2) is 4.98 Å². The van der Waals surface area contributed by atoms with E-state index in [1.165, 1.54) is 12.1 Å². The van der Waals surface area contributed by atoms with Crippen molar-refractivity contribution >= 4 is 5.69 Å². The molecule has 2 aromatic rings. The molecule has 0 aliphatic carbocycles. The first-order valence-corrected chi connectivity index (χ1v) is 6.03. The van der Waals surface area contributed by atoms with Crippen LogP contribution in [0.3, 0.4) is 0 Å². The molecule has 0 aliphatic heterocycles. The minimum Gasteiger partial charge on any atom is -0.447 e. The lowest BCUT2D eigenvalue weighted by Gasteiger charge is -2.07. The fourth-order valence-corrected chi connectivity index (χ4v) is 1.75. The van der Waals surface area contributed by atoms with E-state index in [9.17, 15) is 10.1 Å². The van der Waals surface area contributed by atoms with Crippen LogP contribution in [0.5, 0.6) is 0 Å². The normalized spacial score (nSPS) is 12.3. The van der Waals surface area contributed by atoms with Crippen molar-refractivity contribution in [2.45, 2.75) is 25.8 Å². The van der Waals surface area contributed by atoms with Gasteiger partial charge in [-0.15, -0.1) is 0 Å². The van der Waals surface area contributed by atoms with Gasteiger partial charge >= 0.3 is 0 Å². The summed E-state index contributed by atoms with van der Waals surface area (Å²) in [7, 11) is 0. The minimum atomic E-state index is -0.425. The van der Waals surface area contributed by atoms with Gasteiger partial charge in [-0.2, -0.15) is 0 Å². The Balaban J connectivity index is 2.05. The van der Waals surface area contributed by atoms with E-state index in [0.29, 0.717) is 12.3 Å². The highest BCUT2D eigenvalue weighted by molar-refractivity contribution is 5.33. The fourth-order valence-electron chi connectivity index (χ4n) is 1.75. The number of aryl methyl sites for hydroxylation is 1. The number of nitrogens with two attached hydrogens (primary N) is 1. The summed E-state index contributed by atoms with van der Waals surface area (Å²) in [6.07, 6.45) is 2.93. The summed E-state index contributed by atoms with van der Waals surface area (Å²) in [5.41, 5.74) is 7.85. The van der Waals surface area contributed by atoms with Crippen LogP contribution in [0.2, 0.25) is 0 Å². The first-order valence-electron chi connectivity index (χ1n) is 6.03. The van der Waals surface area contributed by atoms with Crippen LogP contribution in [0.15, 0.2) is 34.9 Å². The summed E-state index contributed by atoms with van der Waals surface area (Å²) in [6, 6.07) is 5.98. The van der Waals surface area contributed by atoms with E-state index in [-0.39, 0.29) is 11.7 Å². The molecule has 0 saturated carbocycles. The number of rotatable bonds is 5. The van der Waals surface area contributed by atoms with Gasteiger partial charge in [0, 0.05) is 12.1 Å². The van der Waals surface area contributed by atoms with Crippen LogP contribution in [0.25, 0.3) is 0 Å². The summed E-state index contributed by atoms with van der Waals surface area (Å²) < 4.78 is 5.31. The molecule has 0 bridgehead atoms. The van der Waals surface area contributed by atoms with Crippen molar-refractivity contribution in [2.75, 3.05) is 0 Å². The number of non-ortho nitro benzene ring substituents is 1. The first-order chi connectivity index (χ1) is 9.10. The maximum Gasteiger partial charge on any atom is 0.269 e. The summed E-state index contributed by atoms with van der Waals surface area (Å²) in [4.78, 5) is 14.4. The number of nitro benzene ring substituents is 1. The Morgan fingerprint density at radius 2 is 2.11 bits per heavy atom. The van der Waals surface area contributed by atoms with Crippen LogP contribution >= 0.6 is 0 Å². The number of oxazole rings is 1. The number of nitro groups is 1. The zero-order chi connectivity index (χ0) is 13.8. The average molecular weight is 261 g/mol. The van der Waals surface area contributed by atoms with E-state index >= 15 is 0 Å². The Hall–Kier alpha value is -2.21. The zero-order valence-corrected chi connectivity index (χ0v) is 10.6. The molecule has 1 heterocycles. The number of hydrogen-bond donors (Lipinski definition) is 1. The van der Waals surface area contributed by atoms with Crippen LogP contribution < -0.4 is 5.73 Å². The predicted octanol–water partition coefficient (Wildman–Crippen LogP) is 2.39. The maximum absolute atomic E-state index is 10.5. The van der Waals surface area contributed by atoms with Gasteiger partial charge in [-0.3, -0.25) is 10.1 Å². The molecule has 6 nitrogen and oxygen atoms in total. The number of nitrogens with zero attached hydrogens (tertiary/aromatic N) is 2. The second kappa shape index (κ2) is 5.62. The predicted molar refractivity (Wildman–Crippen MR) is 69.6 cm³/mol. The molecule has 0 saturated heterocycles. The SMILES string of the molecule is CCc1coc([C@@H](N)Cc2ccc([N+](=O)[O-])cc2)n1. The van der Waals surface area contributed by atoms with E-state index in [1.54, 1.807) is 18.4 Å². The molecular weight excluding hydrogens is 246 g/mol. The van der Waals surface area contributed by atoms with E-state index in [2.05, 4.69) is 4.98 Å². The molecule has 0 aliphatic rings. The maximum atomic E-state index is 10.5. The van der Waals surface area contributed by atoms with Crippen LogP contribution in [-0.4, -0.2) is 9.91 Å². The van der Waals surface area contributed by atoms with Crippen LogP contribution in [-0.2, 0) is 12.8 Å². The summed E-state index contributed by atoms with van der Waals surface area (Å²) in [5, 5.41) is 10.5. The molecule has 1 aromatic carbocycles. The first kappa shape index (κ1) is 13.2. The standard InChI is InChI=1S/C13H15N3O3/c1-2-10-8-19-13(15-10)12(14)7-9-3-5-11(6-4-9)16(17)18/h3-6,8,12H,2,7,14H2,1H3/t12-/m0/s1. The lowest BCUT2D eigenvalue weighted by Crippen LogP contribution is -2.13. The van der Waals surface area contributed by atoms with Crippen LogP contribution in [0, 0.1) is 10.1 Å². The molecule has 6 heteroatoms. The topological polar surface area (TPSA) is 95.2 Å². The Morgan fingerprint density at radius 3 is 2.63 bits per heavy atom. The van der Waals surface area contributed by atoms with Gasteiger partial charge in [0.2, 0.25) is 5.89 Å². The van der Waals surface area contributed by atoms with Gasteiger partial charge in [-0.05, 0) is 18.4 Å². The molecule has 2 rings (SSSR count). The van der Waals surface area contributed by atoms with E-state index in [1.807, 2.05) is 6.92 Å². The monoisotopic (exact) mass is 261 g/mol. The van der Waals surface area contributed by atoms with Crippen LogP contribution in [0.4, 0.5) is 5.69 Å². The molecule has 19 heavy (non-hydrogen) atoms. The Kier molecular flexibility index (Phi) is 3.91. The minimum absolute atomic E-state index is 0.0710. The van der Waals surface area contributed by atoms with Crippen LogP contribution in [0.1, 0.15) is 30.1 Å². The lowest BCUT2D eigenvalue weighted by atomic mass is 10.1. The molecule has 1 aromatic heterocycles. The largest absolute Gasteiger partial charge is 0.447 e. The number of aromatic nitrogens is 1. The molecule has 0 radical (unpaired) electrons. The van der Waals surface area contributed by atoms with Crippen molar-refractivity contribution in [2.24, 2.45) is 5.73 Å². The molecule has 0 unspecified atom stereocenters. The second-order valence-electron chi connectivity index (χ2n) is 4.26. The summed E-state index contributed by atoms with van der Waals surface area (Å²) >= 11 is 0. The van der Waals surface area contributed by atoms with Gasteiger partial charge in [0.1, 0.15) is 6.26 Å².